The zero-order valence-corrected chi connectivity index (χ0v) is 11.0. The molecule has 1 aromatic carbocycles. The van der Waals surface area contributed by atoms with Crippen LogP contribution in [0.4, 0.5) is 4.39 Å². The first-order valence-electron chi connectivity index (χ1n) is 6.28. The predicted octanol–water partition coefficient (Wildman–Crippen LogP) is 2.80. The van der Waals surface area contributed by atoms with E-state index in [1.807, 2.05) is 12.1 Å². The van der Waals surface area contributed by atoms with Gasteiger partial charge in [0, 0.05) is 19.1 Å². The molecule has 17 heavy (non-hydrogen) atoms. The molecule has 96 valence electrons. The number of likely N-dealkylation sites (N-methyl/N-ethyl adjacent to an activating group) is 1. The van der Waals surface area contributed by atoms with Gasteiger partial charge in [0.05, 0.1) is 0 Å². The number of nitrogens with zero attached hydrogens (tertiary/aromatic N) is 1. The Hall–Kier alpha value is -0.930. The van der Waals surface area contributed by atoms with E-state index in [9.17, 15) is 4.39 Å². The van der Waals surface area contributed by atoms with Gasteiger partial charge in [0.15, 0.2) is 0 Å². The summed E-state index contributed by atoms with van der Waals surface area (Å²) in [5.74, 6) is 0.404. The Morgan fingerprint density at radius 2 is 1.82 bits per heavy atom. The first-order chi connectivity index (χ1) is 8.08. The van der Waals surface area contributed by atoms with Crippen molar-refractivity contribution in [3.8, 4) is 0 Å². The molecule has 2 nitrogen and oxygen atoms in total. The Labute approximate surface area is 104 Å². The second kappa shape index (κ2) is 6.72. The fourth-order valence-electron chi connectivity index (χ4n) is 2.13. The quantitative estimate of drug-likeness (QED) is 0.825. The minimum absolute atomic E-state index is 0.183. The Kier molecular flexibility index (Phi) is 5.59. The molecule has 0 saturated carbocycles. The van der Waals surface area contributed by atoms with E-state index in [-0.39, 0.29) is 11.9 Å². The normalized spacial score (nSPS) is 13.4. The molecule has 3 heteroatoms. The number of nitrogens with two attached hydrogens (primary N) is 1. The number of benzene rings is 1. The lowest BCUT2D eigenvalue weighted by Gasteiger charge is -2.31. The first-order valence-corrected chi connectivity index (χ1v) is 6.28. The van der Waals surface area contributed by atoms with Crippen molar-refractivity contribution >= 4 is 0 Å². The highest BCUT2D eigenvalue weighted by atomic mass is 19.1. The number of rotatable bonds is 6. The van der Waals surface area contributed by atoms with E-state index in [0.717, 1.165) is 18.7 Å². The van der Waals surface area contributed by atoms with Crippen LogP contribution < -0.4 is 5.73 Å². The highest BCUT2D eigenvalue weighted by Crippen LogP contribution is 2.20. The lowest BCUT2D eigenvalue weighted by atomic mass is 10.0. The molecule has 1 unspecified atom stereocenters. The zero-order chi connectivity index (χ0) is 12.8. The third-order valence-electron chi connectivity index (χ3n) is 2.92. The molecule has 1 aromatic rings. The summed E-state index contributed by atoms with van der Waals surface area (Å²) >= 11 is 0. The molecule has 1 rings (SSSR count). The van der Waals surface area contributed by atoms with Crippen LogP contribution in [0.1, 0.15) is 32.4 Å². The van der Waals surface area contributed by atoms with Gasteiger partial charge in [-0.2, -0.15) is 0 Å². The summed E-state index contributed by atoms with van der Waals surface area (Å²) in [6.45, 7) is 9.05. The molecule has 0 saturated heterocycles. The summed E-state index contributed by atoms with van der Waals surface area (Å²) in [6, 6.07) is 6.84. The van der Waals surface area contributed by atoms with Crippen LogP contribution in [0.5, 0.6) is 0 Å². The predicted molar refractivity (Wildman–Crippen MR) is 70.3 cm³/mol. The van der Waals surface area contributed by atoms with Crippen molar-refractivity contribution in [2.45, 2.75) is 26.8 Å². The van der Waals surface area contributed by atoms with Gasteiger partial charge in [-0.3, -0.25) is 4.90 Å². The van der Waals surface area contributed by atoms with Crippen LogP contribution in [-0.2, 0) is 0 Å². The molecule has 0 aliphatic heterocycles. The number of hydrogen-bond donors (Lipinski definition) is 1. The van der Waals surface area contributed by atoms with Gasteiger partial charge in [0.2, 0.25) is 0 Å². The van der Waals surface area contributed by atoms with Gasteiger partial charge >= 0.3 is 0 Å². The molecular weight excluding hydrogens is 215 g/mol. The second-order valence-corrected chi connectivity index (χ2v) is 4.78. The minimum Gasteiger partial charge on any atom is -0.329 e. The fraction of sp³-hybridized carbons (Fsp3) is 0.571. The monoisotopic (exact) mass is 238 g/mol. The van der Waals surface area contributed by atoms with Crippen molar-refractivity contribution in [3.05, 3.63) is 35.6 Å². The smallest absolute Gasteiger partial charge is 0.123 e. The van der Waals surface area contributed by atoms with Gasteiger partial charge in [-0.1, -0.05) is 32.9 Å². The average Bonchev–Trinajstić information content (AvgIpc) is 2.30. The Morgan fingerprint density at radius 1 is 1.24 bits per heavy atom. The van der Waals surface area contributed by atoms with E-state index in [4.69, 9.17) is 5.73 Å². The number of halogens is 1. The molecule has 1 atom stereocenters. The van der Waals surface area contributed by atoms with Crippen molar-refractivity contribution in [3.63, 3.8) is 0 Å². The van der Waals surface area contributed by atoms with Gasteiger partial charge in [0.1, 0.15) is 5.82 Å². The van der Waals surface area contributed by atoms with Gasteiger partial charge < -0.3 is 5.73 Å². The highest BCUT2D eigenvalue weighted by molar-refractivity contribution is 5.20. The molecule has 0 radical (unpaired) electrons. The van der Waals surface area contributed by atoms with Gasteiger partial charge in [-0.25, -0.2) is 4.39 Å². The summed E-state index contributed by atoms with van der Waals surface area (Å²) in [7, 11) is 0. The van der Waals surface area contributed by atoms with Crippen LogP contribution >= 0.6 is 0 Å². The highest BCUT2D eigenvalue weighted by Gasteiger charge is 2.18. The summed E-state index contributed by atoms with van der Waals surface area (Å²) in [4.78, 5) is 2.35. The molecule has 0 aliphatic carbocycles. The first kappa shape index (κ1) is 14.1. The Balaban J connectivity index is 2.84. The van der Waals surface area contributed by atoms with Crippen molar-refractivity contribution in [2.24, 2.45) is 11.7 Å². The minimum atomic E-state index is -0.198. The molecule has 0 spiro atoms. The topological polar surface area (TPSA) is 29.3 Å². The molecule has 0 aromatic heterocycles. The SMILES string of the molecule is CCN(CC(C)C)C(CN)c1ccc(F)cc1. The molecule has 2 N–H and O–H groups in total. The van der Waals surface area contributed by atoms with Crippen molar-refractivity contribution in [1.82, 2.24) is 4.90 Å². The maximum absolute atomic E-state index is 12.9. The lowest BCUT2D eigenvalue weighted by Crippen LogP contribution is -2.36. The van der Waals surface area contributed by atoms with Gasteiger partial charge in [-0.15, -0.1) is 0 Å². The summed E-state index contributed by atoms with van der Waals surface area (Å²) in [6.07, 6.45) is 0. The zero-order valence-electron chi connectivity index (χ0n) is 11.0. The fourth-order valence-corrected chi connectivity index (χ4v) is 2.13. The van der Waals surface area contributed by atoms with E-state index in [2.05, 4.69) is 25.7 Å². The molecule has 0 amide bonds. The standard InChI is InChI=1S/C14H23FN2/c1-4-17(10-11(2)3)14(9-16)12-5-7-13(15)8-6-12/h5-8,11,14H,4,9-10,16H2,1-3H3. The van der Waals surface area contributed by atoms with Gasteiger partial charge in [-0.05, 0) is 30.2 Å². The van der Waals surface area contributed by atoms with E-state index >= 15 is 0 Å². The van der Waals surface area contributed by atoms with Crippen molar-refractivity contribution in [2.75, 3.05) is 19.6 Å². The van der Waals surface area contributed by atoms with Crippen molar-refractivity contribution in [1.29, 1.82) is 0 Å². The maximum Gasteiger partial charge on any atom is 0.123 e. The largest absolute Gasteiger partial charge is 0.329 e. The molecule has 0 aliphatic rings. The molecule has 0 fully saturated rings. The lowest BCUT2D eigenvalue weighted by molar-refractivity contribution is 0.189. The van der Waals surface area contributed by atoms with E-state index in [0.29, 0.717) is 12.5 Å². The molecule has 0 bridgehead atoms. The maximum atomic E-state index is 12.9. The van der Waals surface area contributed by atoms with Crippen LogP contribution in [-0.4, -0.2) is 24.5 Å². The summed E-state index contributed by atoms with van der Waals surface area (Å²) in [5, 5.41) is 0. The molecule has 0 heterocycles. The van der Waals surface area contributed by atoms with Crippen LogP contribution in [0.15, 0.2) is 24.3 Å². The van der Waals surface area contributed by atoms with Crippen LogP contribution in [0.3, 0.4) is 0 Å². The van der Waals surface area contributed by atoms with Crippen molar-refractivity contribution < 1.29 is 4.39 Å². The Bertz CT molecular complexity index is 321. The van der Waals surface area contributed by atoms with E-state index < -0.39 is 0 Å². The van der Waals surface area contributed by atoms with E-state index in [1.54, 1.807) is 0 Å². The van der Waals surface area contributed by atoms with Gasteiger partial charge in [0.25, 0.3) is 0 Å². The molecular formula is C14H23FN2. The van der Waals surface area contributed by atoms with Crippen LogP contribution in [0, 0.1) is 11.7 Å². The average molecular weight is 238 g/mol. The number of hydrogen-bond acceptors (Lipinski definition) is 2. The third kappa shape index (κ3) is 4.10. The third-order valence-corrected chi connectivity index (χ3v) is 2.92. The van der Waals surface area contributed by atoms with E-state index in [1.165, 1.54) is 12.1 Å². The summed E-state index contributed by atoms with van der Waals surface area (Å²) in [5.41, 5.74) is 6.95. The second-order valence-electron chi connectivity index (χ2n) is 4.78. The Morgan fingerprint density at radius 3 is 2.24 bits per heavy atom. The summed E-state index contributed by atoms with van der Waals surface area (Å²) < 4.78 is 12.9. The van der Waals surface area contributed by atoms with Crippen LogP contribution in [0.2, 0.25) is 0 Å². The van der Waals surface area contributed by atoms with Crippen LogP contribution in [0.25, 0.3) is 0 Å².